The number of carboxylic acid groups (broad SMARTS) is 1. The summed E-state index contributed by atoms with van der Waals surface area (Å²) in [5.74, 6) is -1.30. The lowest BCUT2D eigenvalue weighted by Crippen LogP contribution is -2.24. The molecule has 1 aromatic rings. The third-order valence-corrected chi connectivity index (χ3v) is 3.10. The van der Waals surface area contributed by atoms with E-state index in [1.807, 2.05) is 12.1 Å². The Morgan fingerprint density at radius 2 is 1.89 bits per heavy atom. The highest BCUT2D eigenvalue weighted by molar-refractivity contribution is 6.30. The smallest absolute Gasteiger partial charge is 0.306 e. The van der Waals surface area contributed by atoms with E-state index in [2.05, 4.69) is 0 Å². The highest BCUT2D eigenvalue weighted by Crippen LogP contribution is 2.21. The molecule has 4 heteroatoms. The van der Waals surface area contributed by atoms with Crippen molar-refractivity contribution in [3.63, 3.8) is 0 Å². The number of rotatable bonds is 6. The summed E-state index contributed by atoms with van der Waals surface area (Å²) in [6.07, 6.45) is 1.39. The van der Waals surface area contributed by atoms with Crippen LogP contribution in [0, 0.1) is 5.92 Å². The van der Waals surface area contributed by atoms with Crippen LogP contribution in [0.5, 0.6) is 0 Å². The van der Waals surface area contributed by atoms with Crippen molar-refractivity contribution in [2.75, 3.05) is 0 Å². The third kappa shape index (κ3) is 5.52. The van der Waals surface area contributed by atoms with Gasteiger partial charge in [-0.25, -0.2) is 0 Å². The molecule has 1 unspecified atom stereocenters. The molecular weight excluding hydrogens is 252 g/mol. The second-order valence-corrected chi connectivity index (χ2v) is 5.65. The van der Waals surface area contributed by atoms with E-state index in [1.165, 1.54) is 0 Å². The Kier molecular flexibility index (Phi) is 5.17. The number of halogens is 1. The molecule has 2 N–H and O–H groups in total. The van der Waals surface area contributed by atoms with Gasteiger partial charge in [0.05, 0.1) is 11.5 Å². The first-order valence-electron chi connectivity index (χ1n) is 5.97. The van der Waals surface area contributed by atoms with Gasteiger partial charge in [0.1, 0.15) is 0 Å². The van der Waals surface area contributed by atoms with Gasteiger partial charge in [0, 0.05) is 5.02 Å². The van der Waals surface area contributed by atoms with E-state index in [9.17, 15) is 15.0 Å². The van der Waals surface area contributed by atoms with Gasteiger partial charge in [-0.05, 0) is 50.8 Å². The van der Waals surface area contributed by atoms with Crippen molar-refractivity contribution >= 4 is 17.6 Å². The molecule has 1 aromatic carbocycles. The summed E-state index contributed by atoms with van der Waals surface area (Å²) in [6.45, 7) is 3.38. The zero-order valence-corrected chi connectivity index (χ0v) is 11.4. The molecule has 0 aliphatic rings. The van der Waals surface area contributed by atoms with E-state index in [0.717, 1.165) is 5.56 Å². The van der Waals surface area contributed by atoms with Gasteiger partial charge in [-0.1, -0.05) is 23.7 Å². The molecule has 0 aliphatic carbocycles. The normalized spacial score (nSPS) is 13.3. The number of hydrogen-bond donors (Lipinski definition) is 2. The second-order valence-electron chi connectivity index (χ2n) is 5.22. The second kappa shape index (κ2) is 6.21. The maximum atomic E-state index is 11.2. The fourth-order valence-corrected chi connectivity index (χ4v) is 1.87. The van der Waals surface area contributed by atoms with Crippen LogP contribution in [0.25, 0.3) is 0 Å². The number of carboxylic acids is 1. The van der Waals surface area contributed by atoms with Gasteiger partial charge in [0.2, 0.25) is 0 Å². The van der Waals surface area contributed by atoms with Crippen molar-refractivity contribution in [1.29, 1.82) is 0 Å². The molecule has 3 nitrogen and oxygen atoms in total. The number of aliphatic hydroxyl groups is 1. The lowest BCUT2D eigenvalue weighted by Gasteiger charge is -2.20. The maximum absolute atomic E-state index is 11.2. The van der Waals surface area contributed by atoms with Crippen LogP contribution < -0.4 is 0 Å². The van der Waals surface area contributed by atoms with E-state index in [0.29, 0.717) is 24.3 Å². The lowest BCUT2D eigenvalue weighted by molar-refractivity contribution is -0.142. The Balaban J connectivity index is 2.63. The molecule has 0 heterocycles. The zero-order chi connectivity index (χ0) is 13.8. The van der Waals surface area contributed by atoms with Crippen LogP contribution in [-0.4, -0.2) is 21.8 Å². The molecule has 0 aliphatic heterocycles. The monoisotopic (exact) mass is 270 g/mol. The minimum atomic E-state index is -0.826. The maximum Gasteiger partial charge on any atom is 0.306 e. The van der Waals surface area contributed by atoms with Crippen molar-refractivity contribution in [3.8, 4) is 0 Å². The van der Waals surface area contributed by atoms with Gasteiger partial charge in [0.15, 0.2) is 0 Å². The van der Waals surface area contributed by atoms with Crippen molar-refractivity contribution in [2.45, 2.75) is 38.7 Å². The highest BCUT2D eigenvalue weighted by Gasteiger charge is 2.22. The Hall–Kier alpha value is -1.06. The fraction of sp³-hybridized carbons (Fsp3) is 0.500. The van der Waals surface area contributed by atoms with E-state index in [4.69, 9.17) is 11.6 Å². The van der Waals surface area contributed by atoms with E-state index < -0.39 is 17.5 Å². The van der Waals surface area contributed by atoms with Crippen LogP contribution in [0.3, 0.4) is 0 Å². The summed E-state index contributed by atoms with van der Waals surface area (Å²) in [5, 5.41) is 19.5. The Labute approximate surface area is 112 Å². The molecule has 1 atom stereocenters. The average Bonchev–Trinajstić information content (AvgIpc) is 2.25. The SMILES string of the molecule is CC(C)(O)CCC(Cc1ccc(Cl)cc1)C(=O)O. The van der Waals surface area contributed by atoms with Crippen LogP contribution in [0.4, 0.5) is 0 Å². The van der Waals surface area contributed by atoms with E-state index >= 15 is 0 Å². The molecule has 18 heavy (non-hydrogen) atoms. The number of aliphatic carboxylic acids is 1. The van der Waals surface area contributed by atoms with Crippen LogP contribution in [0.1, 0.15) is 32.3 Å². The molecular formula is C14H19ClO3. The first kappa shape index (κ1) is 15.0. The van der Waals surface area contributed by atoms with Crippen LogP contribution in [0.2, 0.25) is 5.02 Å². The minimum Gasteiger partial charge on any atom is -0.481 e. The number of carbonyl (C=O) groups is 1. The Bertz CT molecular complexity index is 392. The molecule has 0 amide bonds. The summed E-state index contributed by atoms with van der Waals surface area (Å²) >= 11 is 5.78. The van der Waals surface area contributed by atoms with Gasteiger partial charge in [-0.15, -0.1) is 0 Å². The van der Waals surface area contributed by atoms with E-state index in [-0.39, 0.29) is 0 Å². The summed E-state index contributed by atoms with van der Waals surface area (Å²) in [7, 11) is 0. The fourth-order valence-electron chi connectivity index (χ4n) is 1.75. The minimum absolute atomic E-state index is 0.460. The number of benzene rings is 1. The topological polar surface area (TPSA) is 57.5 Å². The Morgan fingerprint density at radius 1 is 1.33 bits per heavy atom. The first-order chi connectivity index (χ1) is 8.28. The summed E-state index contributed by atoms with van der Waals surface area (Å²) in [6, 6.07) is 7.18. The Morgan fingerprint density at radius 3 is 2.33 bits per heavy atom. The van der Waals surface area contributed by atoms with Gasteiger partial charge in [0.25, 0.3) is 0 Å². The van der Waals surface area contributed by atoms with Crippen molar-refractivity contribution < 1.29 is 15.0 Å². The van der Waals surface area contributed by atoms with Crippen molar-refractivity contribution in [2.24, 2.45) is 5.92 Å². The lowest BCUT2D eigenvalue weighted by atomic mass is 9.90. The average molecular weight is 271 g/mol. The summed E-state index contributed by atoms with van der Waals surface area (Å²) in [5.41, 5.74) is 0.121. The van der Waals surface area contributed by atoms with Gasteiger partial charge >= 0.3 is 5.97 Å². The molecule has 0 saturated heterocycles. The summed E-state index contributed by atoms with van der Waals surface area (Å²) in [4.78, 5) is 11.2. The van der Waals surface area contributed by atoms with E-state index in [1.54, 1.807) is 26.0 Å². The highest BCUT2D eigenvalue weighted by atomic mass is 35.5. The molecule has 0 spiro atoms. The summed E-state index contributed by atoms with van der Waals surface area (Å²) < 4.78 is 0. The number of hydrogen-bond acceptors (Lipinski definition) is 2. The molecule has 0 fully saturated rings. The van der Waals surface area contributed by atoms with Crippen molar-refractivity contribution in [1.82, 2.24) is 0 Å². The predicted octanol–water partition coefficient (Wildman–Crippen LogP) is 3.13. The quantitative estimate of drug-likeness (QED) is 0.835. The van der Waals surface area contributed by atoms with Crippen LogP contribution >= 0.6 is 11.6 Å². The molecule has 0 saturated carbocycles. The standard InChI is InChI=1S/C14H19ClO3/c1-14(2,18)8-7-11(13(16)17)9-10-3-5-12(15)6-4-10/h3-6,11,18H,7-9H2,1-2H3,(H,16,17). The molecule has 0 bridgehead atoms. The van der Waals surface area contributed by atoms with Gasteiger partial charge in [-0.2, -0.15) is 0 Å². The van der Waals surface area contributed by atoms with Crippen molar-refractivity contribution in [3.05, 3.63) is 34.9 Å². The first-order valence-corrected chi connectivity index (χ1v) is 6.35. The molecule has 0 radical (unpaired) electrons. The molecule has 1 rings (SSSR count). The third-order valence-electron chi connectivity index (χ3n) is 2.85. The molecule has 0 aromatic heterocycles. The largest absolute Gasteiger partial charge is 0.481 e. The van der Waals surface area contributed by atoms with Gasteiger partial charge < -0.3 is 10.2 Å². The van der Waals surface area contributed by atoms with Crippen LogP contribution in [0.15, 0.2) is 24.3 Å². The zero-order valence-electron chi connectivity index (χ0n) is 10.7. The predicted molar refractivity (Wildman–Crippen MR) is 71.8 cm³/mol. The van der Waals surface area contributed by atoms with Gasteiger partial charge in [-0.3, -0.25) is 4.79 Å². The van der Waals surface area contributed by atoms with Crippen LogP contribution in [-0.2, 0) is 11.2 Å². The molecule has 100 valence electrons.